The summed E-state index contributed by atoms with van der Waals surface area (Å²) in [6.07, 6.45) is 2.24. The maximum atomic E-state index is 10.9. The summed E-state index contributed by atoms with van der Waals surface area (Å²) in [5, 5.41) is 20.7. The largest absolute Gasteiger partial charge is 0.478 e. The van der Waals surface area contributed by atoms with Crippen LogP contribution in [-0.2, 0) is 0 Å². The van der Waals surface area contributed by atoms with E-state index in [1.807, 2.05) is 6.92 Å². The number of nitrogens with zero attached hydrogens (tertiary/aromatic N) is 4. The predicted molar refractivity (Wildman–Crippen MR) is 62.8 cm³/mol. The first-order chi connectivity index (χ1) is 8.66. The van der Waals surface area contributed by atoms with Crippen LogP contribution >= 0.6 is 0 Å². The van der Waals surface area contributed by atoms with E-state index in [-0.39, 0.29) is 5.56 Å². The number of benzene rings is 1. The lowest BCUT2D eigenvalue weighted by Gasteiger charge is -2.08. The van der Waals surface area contributed by atoms with E-state index in [0.717, 1.165) is 29.9 Å². The van der Waals surface area contributed by atoms with Gasteiger partial charge in [0.05, 0.1) is 11.3 Å². The highest BCUT2D eigenvalue weighted by Gasteiger charge is 2.30. The first kappa shape index (κ1) is 10.9. The molecule has 1 aromatic carbocycles. The summed E-state index contributed by atoms with van der Waals surface area (Å²) in [5.74, 6) is 0.378. The van der Waals surface area contributed by atoms with Gasteiger partial charge in [-0.05, 0) is 54.0 Å². The summed E-state index contributed by atoms with van der Waals surface area (Å²) in [4.78, 5) is 10.9. The maximum absolute atomic E-state index is 10.9. The number of hydrogen-bond acceptors (Lipinski definition) is 4. The fourth-order valence-corrected chi connectivity index (χ4v) is 1.99. The van der Waals surface area contributed by atoms with Crippen LogP contribution < -0.4 is 0 Å². The fraction of sp³-hybridized carbons (Fsp3) is 0.333. The molecule has 1 aromatic heterocycles. The molecule has 1 saturated carbocycles. The zero-order valence-electron chi connectivity index (χ0n) is 9.87. The molecule has 0 radical (unpaired) electrons. The predicted octanol–water partition coefficient (Wildman–Crippen LogP) is 1.55. The van der Waals surface area contributed by atoms with Crippen molar-refractivity contribution in [2.24, 2.45) is 0 Å². The van der Waals surface area contributed by atoms with E-state index in [9.17, 15) is 4.79 Å². The quantitative estimate of drug-likeness (QED) is 0.885. The van der Waals surface area contributed by atoms with Gasteiger partial charge in [-0.25, -0.2) is 4.79 Å². The Morgan fingerprint density at radius 3 is 2.83 bits per heavy atom. The number of rotatable bonds is 3. The van der Waals surface area contributed by atoms with Crippen molar-refractivity contribution >= 4 is 5.97 Å². The molecule has 3 rings (SSSR count). The number of carboxylic acid groups (broad SMARTS) is 1. The molecule has 1 aliphatic carbocycles. The van der Waals surface area contributed by atoms with E-state index in [4.69, 9.17) is 5.11 Å². The highest BCUT2D eigenvalue weighted by molar-refractivity contribution is 5.88. The standard InChI is InChI=1S/C12H12N4O2/c1-7-6-9(12(17)18)4-5-10(7)16-11(8-2-3-8)13-14-15-16/h4-6,8H,2-3H2,1H3,(H,17,18). The Kier molecular flexibility index (Phi) is 2.36. The minimum atomic E-state index is -0.927. The zero-order chi connectivity index (χ0) is 12.7. The number of carboxylic acids is 1. The molecule has 0 unspecified atom stereocenters. The van der Waals surface area contributed by atoms with E-state index in [1.165, 1.54) is 0 Å². The maximum Gasteiger partial charge on any atom is 0.335 e. The Balaban J connectivity index is 2.06. The first-order valence-corrected chi connectivity index (χ1v) is 5.79. The van der Waals surface area contributed by atoms with Crippen LogP contribution in [0.3, 0.4) is 0 Å². The lowest BCUT2D eigenvalue weighted by molar-refractivity contribution is 0.0697. The van der Waals surface area contributed by atoms with Gasteiger partial charge in [0.25, 0.3) is 0 Å². The number of carbonyl (C=O) groups is 1. The highest BCUT2D eigenvalue weighted by atomic mass is 16.4. The van der Waals surface area contributed by atoms with E-state index in [0.29, 0.717) is 5.92 Å². The molecule has 0 atom stereocenters. The Morgan fingerprint density at radius 1 is 1.44 bits per heavy atom. The summed E-state index contributed by atoms with van der Waals surface area (Å²) < 4.78 is 1.71. The number of aryl methyl sites for hydroxylation is 1. The van der Waals surface area contributed by atoms with Crippen LogP contribution in [0.25, 0.3) is 5.69 Å². The minimum absolute atomic E-state index is 0.275. The van der Waals surface area contributed by atoms with E-state index < -0.39 is 5.97 Å². The molecular weight excluding hydrogens is 232 g/mol. The van der Waals surface area contributed by atoms with Crippen molar-refractivity contribution < 1.29 is 9.90 Å². The summed E-state index contributed by atoms with van der Waals surface area (Å²) in [7, 11) is 0. The summed E-state index contributed by atoms with van der Waals surface area (Å²) in [5.41, 5.74) is 1.97. The smallest absolute Gasteiger partial charge is 0.335 e. The molecular formula is C12H12N4O2. The molecule has 6 nitrogen and oxygen atoms in total. The second-order valence-corrected chi connectivity index (χ2v) is 4.53. The van der Waals surface area contributed by atoms with Gasteiger partial charge in [0.1, 0.15) is 0 Å². The Hall–Kier alpha value is -2.24. The number of aromatic nitrogens is 4. The van der Waals surface area contributed by atoms with Crippen molar-refractivity contribution in [1.82, 2.24) is 20.2 Å². The van der Waals surface area contributed by atoms with Gasteiger partial charge in [0.2, 0.25) is 0 Å². The zero-order valence-corrected chi connectivity index (χ0v) is 9.87. The number of hydrogen-bond donors (Lipinski definition) is 1. The molecule has 0 saturated heterocycles. The molecule has 1 heterocycles. The molecule has 0 amide bonds. The van der Waals surface area contributed by atoms with Gasteiger partial charge in [-0.15, -0.1) is 5.10 Å². The molecule has 1 aliphatic rings. The normalized spacial score (nSPS) is 14.7. The van der Waals surface area contributed by atoms with Crippen molar-refractivity contribution in [1.29, 1.82) is 0 Å². The van der Waals surface area contributed by atoms with Crippen LogP contribution in [0.1, 0.15) is 40.5 Å². The molecule has 92 valence electrons. The monoisotopic (exact) mass is 244 g/mol. The molecule has 0 aliphatic heterocycles. The van der Waals surface area contributed by atoms with Gasteiger partial charge in [-0.1, -0.05) is 0 Å². The topological polar surface area (TPSA) is 80.9 Å². The van der Waals surface area contributed by atoms with E-state index in [2.05, 4.69) is 15.5 Å². The average Bonchev–Trinajstić information content (AvgIpc) is 3.07. The number of tetrazole rings is 1. The second kappa shape index (κ2) is 3.90. The van der Waals surface area contributed by atoms with Crippen molar-refractivity contribution in [2.45, 2.75) is 25.7 Å². The minimum Gasteiger partial charge on any atom is -0.478 e. The van der Waals surface area contributed by atoms with Crippen molar-refractivity contribution in [3.63, 3.8) is 0 Å². The van der Waals surface area contributed by atoms with Crippen LogP contribution in [0.2, 0.25) is 0 Å². The highest BCUT2D eigenvalue weighted by Crippen LogP contribution is 2.39. The summed E-state index contributed by atoms with van der Waals surface area (Å²) in [6, 6.07) is 4.96. The number of aromatic carboxylic acids is 1. The van der Waals surface area contributed by atoms with Crippen molar-refractivity contribution in [3.8, 4) is 5.69 Å². The van der Waals surface area contributed by atoms with Crippen LogP contribution in [0.15, 0.2) is 18.2 Å². The molecule has 2 aromatic rings. The van der Waals surface area contributed by atoms with Gasteiger partial charge >= 0.3 is 5.97 Å². The molecule has 18 heavy (non-hydrogen) atoms. The van der Waals surface area contributed by atoms with Gasteiger partial charge in [-0.2, -0.15) is 4.68 Å². The fourth-order valence-electron chi connectivity index (χ4n) is 1.99. The Labute approximate surface area is 103 Å². The van der Waals surface area contributed by atoms with Gasteiger partial charge in [-0.3, -0.25) is 0 Å². The van der Waals surface area contributed by atoms with E-state index >= 15 is 0 Å². The SMILES string of the molecule is Cc1cc(C(=O)O)ccc1-n1nnnc1C1CC1. The van der Waals surface area contributed by atoms with Gasteiger partial charge < -0.3 is 5.11 Å². The molecule has 1 N–H and O–H groups in total. The van der Waals surface area contributed by atoms with Crippen molar-refractivity contribution in [3.05, 3.63) is 35.2 Å². The third kappa shape index (κ3) is 1.75. The molecule has 6 heteroatoms. The van der Waals surface area contributed by atoms with Gasteiger partial charge in [0.15, 0.2) is 5.82 Å². The first-order valence-electron chi connectivity index (χ1n) is 5.79. The Bertz CT molecular complexity index is 616. The average molecular weight is 244 g/mol. The summed E-state index contributed by atoms with van der Waals surface area (Å²) >= 11 is 0. The molecule has 0 bridgehead atoms. The lowest BCUT2D eigenvalue weighted by Crippen LogP contribution is -2.06. The molecule has 0 spiro atoms. The lowest BCUT2D eigenvalue weighted by atomic mass is 10.1. The van der Waals surface area contributed by atoms with Gasteiger partial charge in [0, 0.05) is 5.92 Å². The van der Waals surface area contributed by atoms with Crippen LogP contribution in [0.5, 0.6) is 0 Å². The van der Waals surface area contributed by atoms with Crippen molar-refractivity contribution in [2.75, 3.05) is 0 Å². The second-order valence-electron chi connectivity index (χ2n) is 4.53. The van der Waals surface area contributed by atoms with Crippen LogP contribution in [0.4, 0.5) is 0 Å². The van der Waals surface area contributed by atoms with Crippen LogP contribution in [0, 0.1) is 6.92 Å². The summed E-state index contributed by atoms with van der Waals surface area (Å²) in [6.45, 7) is 1.86. The third-order valence-electron chi connectivity index (χ3n) is 3.11. The Morgan fingerprint density at radius 2 is 2.22 bits per heavy atom. The van der Waals surface area contributed by atoms with E-state index in [1.54, 1.807) is 22.9 Å². The van der Waals surface area contributed by atoms with Crippen LogP contribution in [-0.4, -0.2) is 31.3 Å². The molecule has 1 fully saturated rings. The third-order valence-corrected chi connectivity index (χ3v) is 3.11.